The smallest absolute Gasteiger partial charge is 0.392 e. The van der Waals surface area contributed by atoms with E-state index in [1.165, 1.54) is 6.07 Å². The van der Waals surface area contributed by atoms with Gasteiger partial charge in [-0.3, -0.25) is 0 Å². The van der Waals surface area contributed by atoms with E-state index in [0.29, 0.717) is 33.9 Å². The van der Waals surface area contributed by atoms with Crippen LogP contribution in [0.4, 0.5) is 23.5 Å². The zero-order chi connectivity index (χ0) is 30.8. The first-order valence-corrected chi connectivity index (χ1v) is 15.6. The Labute approximate surface area is 246 Å². The van der Waals surface area contributed by atoms with Crippen LogP contribution in [0.5, 0.6) is 11.6 Å². The predicted molar refractivity (Wildman–Crippen MR) is 156 cm³/mol. The van der Waals surface area contributed by atoms with Crippen LogP contribution in [-0.4, -0.2) is 54.4 Å². The molecule has 2 atom stereocenters. The van der Waals surface area contributed by atoms with Gasteiger partial charge in [-0.1, -0.05) is 19.1 Å². The first kappa shape index (κ1) is 30.6. The molecule has 1 fully saturated rings. The van der Waals surface area contributed by atoms with Crippen molar-refractivity contribution in [2.24, 2.45) is 5.92 Å². The summed E-state index contributed by atoms with van der Waals surface area (Å²) in [6.07, 6.45) is 0.541. The molecule has 4 aromatic rings. The number of piperidine rings is 1. The largest absolute Gasteiger partial charge is 0.437 e. The molecule has 0 amide bonds. The van der Waals surface area contributed by atoms with E-state index < -0.39 is 39.3 Å². The maximum Gasteiger partial charge on any atom is 0.392 e. The Bertz CT molecular complexity index is 1730. The number of anilines is 1. The van der Waals surface area contributed by atoms with Crippen LogP contribution in [0, 0.1) is 18.7 Å². The zero-order valence-electron chi connectivity index (χ0n) is 23.6. The lowest BCUT2D eigenvalue weighted by atomic mass is 10.0. The van der Waals surface area contributed by atoms with Gasteiger partial charge in [-0.15, -0.1) is 0 Å². The van der Waals surface area contributed by atoms with E-state index in [9.17, 15) is 21.6 Å². The fraction of sp³-hybridized carbons (Fsp3) is 0.367. The van der Waals surface area contributed by atoms with E-state index >= 15 is 4.39 Å². The molecule has 0 bridgehead atoms. The van der Waals surface area contributed by atoms with Crippen LogP contribution >= 0.6 is 0 Å². The Balaban J connectivity index is 1.48. The number of pyridine rings is 1. The van der Waals surface area contributed by atoms with Crippen LogP contribution in [0.25, 0.3) is 22.0 Å². The number of benzene rings is 2. The first-order chi connectivity index (χ1) is 20.4. The van der Waals surface area contributed by atoms with Gasteiger partial charge in [0.1, 0.15) is 11.6 Å². The van der Waals surface area contributed by atoms with Gasteiger partial charge < -0.3 is 15.4 Å². The van der Waals surface area contributed by atoms with Crippen molar-refractivity contribution in [1.82, 2.24) is 20.3 Å². The van der Waals surface area contributed by atoms with Gasteiger partial charge in [0, 0.05) is 35.9 Å². The first-order valence-electron chi connectivity index (χ1n) is 13.8. The third kappa shape index (κ3) is 7.21. The average molecular weight is 618 g/mol. The molecule has 8 nitrogen and oxygen atoms in total. The monoisotopic (exact) mass is 617 g/mol. The van der Waals surface area contributed by atoms with Crippen LogP contribution in [0.1, 0.15) is 30.9 Å². The molecule has 1 saturated heterocycles. The van der Waals surface area contributed by atoms with E-state index in [-0.39, 0.29) is 22.9 Å². The van der Waals surface area contributed by atoms with Gasteiger partial charge in [0.2, 0.25) is 11.8 Å². The van der Waals surface area contributed by atoms with Crippen LogP contribution in [0.15, 0.2) is 54.9 Å². The van der Waals surface area contributed by atoms with Crippen molar-refractivity contribution in [3.05, 3.63) is 71.8 Å². The molecular formula is C30H31F4N5O3S. The van der Waals surface area contributed by atoms with Crippen LogP contribution < -0.4 is 15.4 Å². The van der Waals surface area contributed by atoms with Crippen LogP contribution in [-0.2, 0) is 15.6 Å². The van der Waals surface area contributed by atoms with Crippen molar-refractivity contribution in [2.45, 2.75) is 44.7 Å². The van der Waals surface area contributed by atoms with Gasteiger partial charge in [0.05, 0.1) is 28.7 Å². The molecular weight excluding hydrogens is 586 g/mol. The maximum atomic E-state index is 15.0. The number of aryl methyl sites for hydroxylation is 1. The van der Waals surface area contributed by atoms with E-state index in [1.807, 2.05) is 0 Å². The molecule has 0 unspecified atom stereocenters. The van der Waals surface area contributed by atoms with Crippen molar-refractivity contribution >= 4 is 26.6 Å². The molecule has 2 N–H and O–H groups in total. The Kier molecular flexibility index (Phi) is 8.84. The minimum absolute atomic E-state index is 0.196. The van der Waals surface area contributed by atoms with Gasteiger partial charge in [-0.2, -0.15) is 13.2 Å². The maximum absolute atomic E-state index is 15.0. The number of halogens is 4. The molecule has 1 aliphatic rings. The Hall–Kier alpha value is -3.84. The van der Waals surface area contributed by atoms with Crippen molar-refractivity contribution in [1.29, 1.82) is 0 Å². The molecule has 2 aromatic heterocycles. The summed E-state index contributed by atoms with van der Waals surface area (Å²) in [6.45, 7) is 4.35. The second kappa shape index (κ2) is 12.4. The summed E-state index contributed by atoms with van der Waals surface area (Å²) in [5.74, 6) is -3.98. The van der Waals surface area contributed by atoms with Crippen LogP contribution in [0.3, 0.4) is 0 Å². The molecule has 0 aliphatic carbocycles. The summed E-state index contributed by atoms with van der Waals surface area (Å²) >= 11 is 0. The zero-order valence-corrected chi connectivity index (χ0v) is 24.4. The fourth-order valence-corrected chi connectivity index (χ4v) is 6.86. The minimum atomic E-state index is -4.68. The van der Waals surface area contributed by atoms with E-state index in [0.717, 1.165) is 38.9 Å². The molecule has 228 valence electrons. The van der Waals surface area contributed by atoms with E-state index in [1.54, 1.807) is 49.6 Å². The molecule has 2 aromatic carbocycles. The molecule has 0 spiro atoms. The second-order valence-electron chi connectivity index (χ2n) is 10.7. The molecule has 1 aliphatic heterocycles. The SMILES string of the molecule is Cc1ccc2c(CS(=O)(=O)C[C@@H](C)C(F)(F)F)c(F)ccc2c1Oc1ncccc1-c1ccnc(N[C@H]2CCCNC2)n1. The topological polar surface area (TPSA) is 106 Å². The highest BCUT2D eigenvalue weighted by molar-refractivity contribution is 7.90. The van der Waals surface area contributed by atoms with Crippen molar-refractivity contribution in [3.63, 3.8) is 0 Å². The Morgan fingerprint density at radius 3 is 2.63 bits per heavy atom. The van der Waals surface area contributed by atoms with Gasteiger partial charge in [0.15, 0.2) is 9.84 Å². The number of ether oxygens (including phenoxy) is 1. The Morgan fingerprint density at radius 2 is 1.88 bits per heavy atom. The number of fused-ring (bicyclic) bond motifs is 1. The number of aromatic nitrogens is 3. The summed E-state index contributed by atoms with van der Waals surface area (Å²) in [5, 5.41) is 7.30. The van der Waals surface area contributed by atoms with Gasteiger partial charge in [-0.05, 0) is 67.6 Å². The number of nitrogens with one attached hydrogen (secondary N) is 2. The van der Waals surface area contributed by atoms with Crippen molar-refractivity contribution in [3.8, 4) is 22.9 Å². The second-order valence-corrected chi connectivity index (χ2v) is 12.9. The predicted octanol–water partition coefficient (Wildman–Crippen LogP) is 6.21. The van der Waals surface area contributed by atoms with Crippen LogP contribution in [0.2, 0.25) is 0 Å². The number of sulfone groups is 1. The van der Waals surface area contributed by atoms with Gasteiger partial charge in [0.25, 0.3) is 0 Å². The standard InChI is InChI=1S/C30H31F4N5O3S/c1-18-7-8-21-22(9-10-25(31)24(21)17-43(40,41)16-19(2)30(32,33)34)27(18)42-28-23(6-4-13-36-28)26-11-14-37-29(39-26)38-20-5-3-12-35-15-20/h4,6-11,13-14,19-20,35H,3,5,12,15-17H2,1-2H3,(H,37,38,39)/t19-,20+/m1/s1. The summed E-state index contributed by atoms with van der Waals surface area (Å²) < 4.78 is 86.0. The molecule has 13 heteroatoms. The highest BCUT2D eigenvalue weighted by Gasteiger charge is 2.39. The summed E-state index contributed by atoms with van der Waals surface area (Å²) in [5.41, 5.74) is 1.56. The van der Waals surface area contributed by atoms with Crippen molar-refractivity contribution < 1.29 is 30.7 Å². The number of rotatable bonds is 9. The number of hydrogen-bond acceptors (Lipinski definition) is 8. The molecule has 3 heterocycles. The lowest BCUT2D eigenvalue weighted by molar-refractivity contribution is -0.163. The van der Waals surface area contributed by atoms with Gasteiger partial charge >= 0.3 is 6.18 Å². The third-order valence-electron chi connectivity index (χ3n) is 7.36. The van der Waals surface area contributed by atoms with Gasteiger partial charge in [-0.25, -0.2) is 27.8 Å². The minimum Gasteiger partial charge on any atom is -0.437 e. The highest BCUT2D eigenvalue weighted by atomic mass is 32.2. The molecule has 0 radical (unpaired) electrons. The summed E-state index contributed by atoms with van der Waals surface area (Å²) in [6, 6.07) is 11.2. The highest BCUT2D eigenvalue weighted by Crippen LogP contribution is 2.39. The number of alkyl halides is 3. The third-order valence-corrected chi connectivity index (χ3v) is 9.10. The number of hydrogen-bond donors (Lipinski definition) is 2. The van der Waals surface area contributed by atoms with E-state index in [4.69, 9.17) is 4.74 Å². The lowest BCUT2D eigenvalue weighted by Gasteiger charge is -2.23. The molecule has 43 heavy (non-hydrogen) atoms. The lowest BCUT2D eigenvalue weighted by Crippen LogP contribution is -2.38. The van der Waals surface area contributed by atoms with Crippen molar-refractivity contribution in [2.75, 3.05) is 24.2 Å². The molecule has 5 rings (SSSR count). The van der Waals surface area contributed by atoms with E-state index in [2.05, 4.69) is 25.6 Å². The fourth-order valence-electron chi connectivity index (χ4n) is 5.06. The quantitative estimate of drug-likeness (QED) is 0.214. The molecule has 0 saturated carbocycles. The average Bonchev–Trinajstić information content (AvgIpc) is 2.96. The normalized spacial score (nSPS) is 16.7. The Morgan fingerprint density at radius 1 is 1.09 bits per heavy atom. The summed E-state index contributed by atoms with van der Waals surface area (Å²) in [7, 11) is -4.31. The number of nitrogens with zero attached hydrogens (tertiary/aromatic N) is 3. The summed E-state index contributed by atoms with van der Waals surface area (Å²) in [4.78, 5) is 13.4.